The molecule has 1 rings (SSSR count). The first-order chi connectivity index (χ1) is 7.97. The SMILES string of the molecule is CC(C)(C)OC(=O)CCOCCc1cccs1. The minimum absolute atomic E-state index is 0.200. The van der Waals surface area contributed by atoms with Crippen molar-refractivity contribution < 1.29 is 14.3 Å². The first-order valence-corrected chi connectivity index (χ1v) is 6.67. The van der Waals surface area contributed by atoms with Crippen LogP contribution in [0.4, 0.5) is 0 Å². The fraction of sp³-hybridized carbons (Fsp3) is 0.615. The van der Waals surface area contributed by atoms with Crippen LogP contribution in [0.15, 0.2) is 17.5 Å². The van der Waals surface area contributed by atoms with Gasteiger partial charge in [0, 0.05) is 11.3 Å². The first kappa shape index (κ1) is 14.2. The second kappa shape index (κ2) is 6.77. The normalized spacial score (nSPS) is 11.5. The Morgan fingerprint density at radius 2 is 2.12 bits per heavy atom. The quantitative estimate of drug-likeness (QED) is 0.579. The zero-order valence-corrected chi connectivity index (χ0v) is 11.5. The summed E-state index contributed by atoms with van der Waals surface area (Å²) in [4.78, 5) is 12.7. The van der Waals surface area contributed by atoms with Crippen molar-refractivity contribution >= 4 is 17.3 Å². The smallest absolute Gasteiger partial charge is 0.308 e. The highest BCUT2D eigenvalue weighted by Gasteiger charge is 2.15. The topological polar surface area (TPSA) is 35.5 Å². The van der Waals surface area contributed by atoms with Gasteiger partial charge in [0.2, 0.25) is 0 Å². The lowest BCUT2D eigenvalue weighted by atomic mass is 10.2. The fourth-order valence-electron chi connectivity index (χ4n) is 1.28. The van der Waals surface area contributed by atoms with Crippen molar-refractivity contribution in [3.05, 3.63) is 22.4 Å². The van der Waals surface area contributed by atoms with Gasteiger partial charge >= 0.3 is 5.97 Å². The Labute approximate surface area is 107 Å². The van der Waals surface area contributed by atoms with Crippen LogP contribution in [0, 0.1) is 0 Å². The zero-order valence-electron chi connectivity index (χ0n) is 10.7. The second-order valence-corrected chi connectivity index (χ2v) is 5.81. The van der Waals surface area contributed by atoms with Gasteiger partial charge in [-0.1, -0.05) is 6.07 Å². The maximum atomic E-state index is 11.4. The summed E-state index contributed by atoms with van der Waals surface area (Å²) in [6.07, 6.45) is 1.23. The molecule has 1 aromatic heterocycles. The number of thiophene rings is 1. The lowest BCUT2D eigenvalue weighted by molar-refractivity contribution is -0.156. The van der Waals surface area contributed by atoms with E-state index < -0.39 is 5.60 Å². The highest BCUT2D eigenvalue weighted by atomic mass is 32.1. The Bertz CT molecular complexity index is 325. The van der Waals surface area contributed by atoms with E-state index in [1.54, 1.807) is 11.3 Å². The average Bonchev–Trinajstić information content (AvgIpc) is 2.67. The molecule has 1 heterocycles. The van der Waals surface area contributed by atoms with Crippen LogP contribution >= 0.6 is 11.3 Å². The van der Waals surface area contributed by atoms with Gasteiger partial charge in [-0.2, -0.15) is 0 Å². The molecule has 0 atom stereocenters. The van der Waals surface area contributed by atoms with E-state index in [0.29, 0.717) is 19.6 Å². The monoisotopic (exact) mass is 256 g/mol. The van der Waals surface area contributed by atoms with Crippen LogP contribution in [0.5, 0.6) is 0 Å². The molecule has 0 aliphatic rings. The molecular formula is C13H20O3S. The van der Waals surface area contributed by atoms with Gasteiger partial charge in [0.05, 0.1) is 19.6 Å². The molecule has 0 spiro atoms. The third-order valence-corrected chi connectivity index (χ3v) is 2.88. The highest BCUT2D eigenvalue weighted by molar-refractivity contribution is 7.09. The van der Waals surface area contributed by atoms with Gasteiger partial charge in [-0.05, 0) is 32.2 Å². The maximum Gasteiger partial charge on any atom is 0.308 e. The van der Waals surface area contributed by atoms with Crippen LogP contribution in [-0.2, 0) is 20.7 Å². The summed E-state index contributed by atoms with van der Waals surface area (Å²) in [6, 6.07) is 4.11. The molecule has 0 saturated heterocycles. The van der Waals surface area contributed by atoms with Crippen molar-refractivity contribution in [3.8, 4) is 0 Å². The molecule has 0 aliphatic carbocycles. The van der Waals surface area contributed by atoms with E-state index in [0.717, 1.165) is 6.42 Å². The Hall–Kier alpha value is -0.870. The fourth-order valence-corrected chi connectivity index (χ4v) is 1.97. The molecule has 3 nitrogen and oxygen atoms in total. The van der Waals surface area contributed by atoms with Gasteiger partial charge in [0.1, 0.15) is 5.60 Å². The maximum absolute atomic E-state index is 11.4. The van der Waals surface area contributed by atoms with E-state index in [2.05, 4.69) is 11.4 Å². The molecule has 1 aromatic rings. The molecule has 0 radical (unpaired) electrons. The minimum Gasteiger partial charge on any atom is -0.460 e. The Morgan fingerprint density at radius 1 is 1.35 bits per heavy atom. The second-order valence-electron chi connectivity index (χ2n) is 4.78. The lowest BCUT2D eigenvalue weighted by Crippen LogP contribution is -2.24. The predicted octanol–water partition coefficient (Wildman–Crippen LogP) is 3.04. The Balaban J connectivity index is 2.02. The predicted molar refractivity (Wildman–Crippen MR) is 69.3 cm³/mol. The number of hydrogen-bond donors (Lipinski definition) is 0. The molecule has 0 aliphatic heterocycles. The summed E-state index contributed by atoms with van der Waals surface area (Å²) < 4.78 is 10.6. The van der Waals surface area contributed by atoms with E-state index >= 15 is 0 Å². The van der Waals surface area contributed by atoms with Crippen LogP contribution in [0.3, 0.4) is 0 Å². The number of rotatable bonds is 6. The molecule has 0 N–H and O–H groups in total. The van der Waals surface area contributed by atoms with Gasteiger partial charge in [0.15, 0.2) is 0 Å². The van der Waals surface area contributed by atoms with Gasteiger partial charge < -0.3 is 9.47 Å². The van der Waals surface area contributed by atoms with Gasteiger partial charge in [0.25, 0.3) is 0 Å². The Morgan fingerprint density at radius 3 is 2.71 bits per heavy atom. The van der Waals surface area contributed by atoms with E-state index in [9.17, 15) is 4.79 Å². The number of hydrogen-bond acceptors (Lipinski definition) is 4. The van der Waals surface area contributed by atoms with E-state index in [1.807, 2.05) is 26.8 Å². The van der Waals surface area contributed by atoms with Crippen LogP contribution in [-0.4, -0.2) is 24.8 Å². The van der Waals surface area contributed by atoms with Crippen molar-refractivity contribution in [3.63, 3.8) is 0 Å². The lowest BCUT2D eigenvalue weighted by Gasteiger charge is -2.19. The van der Waals surface area contributed by atoms with E-state index in [-0.39, 0.29) is 5.97 Å². The molecule has 0 bridgehead atoms. The van der Waals surface area contributed by atoms with Crippen LogP contribution < -0.4 is 0 Å². The largest absolute Gasteiger partial charge is 0.460 e. The van der Waals surface area contributed by atoms with Crippen molar-refractivity contribution in [2.45, 2.75) is 39.2 Å². The molecule has 17 heavy (non-hydrogen) atoms. The third kappa shape index (κ3) is 7.13. The standard InChI is InChI=1S/C13H20O3S/c1-13(2,3)16-12(14)7-9-15-8-6-11-5-4-10-17-11/h4-5,10H,6-9H2,1-3H3. The van der Waals surface area contributed by atoms with Gasteiger partial charge in [-0.15, -0.1) is 11.3 Å². The number of esters is 1. The summed E-state index contributed by atoms with van der Waals surface area (Å²) in [5.74, 6) is -0.200. The molecule has 0 amide bonds. The van der Waals surface area contributed by atoms with Crippen molar-refractivity contribution in [2.75, 3.05) is 13.2 Å². The van der Waals surface area contributed by atoms with Crippen molar-refractivity contribution in [1.82, 2.24) is 0 Å². The minimum atomic E-state index is -0.409. The van der Waals surface area contributed by atoms with Gasteiger partial charge in [-0.3, -0.25) is 4.79 Å². The number of carbonyl (C=O) groups excluding carboxylic acids is 1. The zero-order chi connectivity index (χ0) is 12.7. The van der Waals surface area contributed by atoms with E-state index in [1.165, 1.54) is 4.88 Å². The summed E-state index contributed by atoms with van der Waals surface area (Å²) in [5.41, 5.74) is -0.409. The summed E-state index contributed by atoms with van der Waals surface area (Å²) in [5, 5.41) is 2.05. The molecule has 0 aromatic carbocycles. The molecule has 96 valence electrons. The summed E-state index contributed by atoms with van der Waals surface area (Å²) in [6.45, 7) is 6.68. The third-order valence-electron chi connectivity index (χ3n) is 1.94. The highest BCUT2D eigenvalue weighted by Crippen LogP contribution is 2.10. The van der Waals surface area contributed by atoms with Crippen LogP contribution in [0.2, 0.25) is 0 Å². The molecule has 4 heteroatoms. The van der Waals surface area contributed by atoms with Crippen molar-refractivity contribution in [2.24, 2.45) is 0 Å². The summed E-state index contributed by atoms with van der Waals surface area (Å²) in [7, 11) is 0. The summed E-state index contributed by atoms with van der Waals surface area (Å²) >= 11 is 1.72. The van der Waals surface area contributed by atoms with Crippen LogP contribution in [0.25, 0.3) is 0 Å². The molecular weight excluding hydrogens is 236 g/mol. The van der Waals surface area contributed by atoms with Gasteiger partial charge in [-0.25, -0.2) is 0 Å². The number of carbonyl (C=O) groups is 1. The molecule has 0 unspecified atom stereocenters. The van der Waals surface area contributed by atoms with Crippen LogP contribution in [0.1, 0.15) is 32.1 Å². The molecule has 0 fully saturated rings. The molecule has 0 saturated carbocycles. The average molecular weight is 256 g/mol. The van der Waals surface area contributed by atoms with E-state index in [4.69, 9.17) is 9.47 Å². The Kier molecular flexibility index (Phi) is 5.65. The first-order valence-electron chi connectivity index (χ1n) is 5.79. The number of ether oxygens (including phenoxy) is 2. The van der Waals surface area contributed by atoms with Crippen molar-refractivity contribution in [1.29, 1.82) is 0 Å².